The Labute approximate surface area is 148 Å². The molecule has 5 nitrogen and oxygen atoms in total. The molecule has 26 heavy (non-hydrogen) atoms. The van der Waals surface area contributed by atoms with Crippen LogP contribution in [0.5, 0.6) is 0 Å². The SMILES string of the molecule is O=C(Nc1cc(-n2cccc2)ccc1F)c1cc(-c2ccccc2)no1. The van der Waals surface area contributed by atoms with Gasteiger partial charge >= 0.3 is 0 Å². The largest absolute Gasteiger partial charge is 0.350 e. The lowest BCUT2D eigenvalue weighted by Crippen LogP contribution is -2.12. The quantitative estimate of drug-likeness (QED) is 0.590. The Morgan fingerprint density at radius 2 is 1.77 bits per heavy atom. The van der Waals surface area contributed by atoms with E-state index >= 15 is 0 Å². The standard InChI is InChI=1S/C20H14FN3O2/c21-16-9-8-15(24-10-4-5-11-24)12-18(16)22-20(25)19-13-17(23-26-19)14-6-2-1-3-7-14/h1-13H,(H,22,25). The van der Waals surface area contributed by atoms with Crippen molar-refractivity contribution < 1.29 is 13.7 Å². The highest BCUT2D eigenvalue weighted by atomic mass is 19.1. The second-order valence-corrected chi connectivity index (χ2v) is 5.65. The first kappa shape index (κ1) is 15.8. The molecule has 1 amide bonds. The van der Waals surface area contributed by atoms with Crippen molar-refractivity contribution in [3.63, 3.8) is 0 Å². The average molecular weight is 347 g/mol. The van der Waals surface area contributed by atoms with Gasteiger partial charge < -0.3 is 14.4 Å². The zero-order valence-corrected chi connectivity index (χ0v) is 13.6. The van der Waals surface area contributed by atoms with Gasteiger partial charge in [-0.2, -0.15) is 0 Å². The van der Waals surface area contributed by atoms with Crippen molar-refractivity contribution in [2.24, 2.45) is 0 Å². The van der Waals surface area contributed by atoms with Gasteiger partial charge in [-0.25, -0.2) is 4.39 Å². The van der Waals surface area contributed by atoms with Crippen LogP contribution < -0.4 is 5.32 Å². The molecular formula is C20H14FN3O2. The van der Waals surface area contributed by atoms with Gasteiger partial charge in [0.2, 0.25) is 5.76 Å². The van der Waals surface area contributed by atoms with Gasteiger partial charge in [0, 0.05) is 29.7 Å². The lowest BCUT2D eigenvalue weighted by molar-refractivity contribution is 0.0987. The number of nitrogens with zero attached hydrogens (tertiary/aromatic N) is 2. The second kappa shape index (κ2) is 6.68. The van der Waals surface area contributed by atoms with E-state index in [0.717, 1.165) is 11.3 Å². The molecule has 0 saturated heterocycles. The minimum absolute atomic E-state index is 0.00891. The van der Waals surface area contributed by atoms with Crippen LogP contribution in [-0.4, -0.2) is 15.6 Å². The first-order chi connectivity index (χ1) is 12.7. The molecule has 0 aliphatic heterocycles. The van der Waals surface area contributed by atoms with Gasteiger partial charge in [-0.1, -0.05) is 35.5 Å². The lowest BCUT2D eigenvalue weighted by Gasteiger charge is -2.08. The van der Waals surface area contributed by atoms with Gasteiger partial charge in [0.1, 0.15) is 11.5 Å². The number of rotatable bonds is 4. The van der Waals surface area contributed by atoms with Crippen LogP contribution in [0.15, 0.2) is 83.6 Å². The molecule has 0 fully saturated rings. The summed E-state index contributed by atoms with van der Waals surface area (Å²) in [6.07, 6.45) is 3.67. The molecular weight excluding hydrogens is 333 g/mol. The van der Waals surface area contributed by atoms with Crippen molar-refractivity contribution in [3.05, 3.63) is 90.7 Å². The van der Waals surface area contributed by atoms with Crippen LogP contribution in [0.25, 0.3) is 16.9 Å². The van der Waals surface area contributed by atoms with Gasteiger partial charge in [-0.15, -0.1) is 0 Å². The fourth-order valence-corrected chi connectivity index (χ4v) is 2.59. The highest BCUT2D eigenvalue weighted by Gasteiger charge is 2.16. The number of hydrogen-bond donors (Lipinski definition) is 1. The fourth-order valence-electron chi connectivity index (χ4n) is 2.59. The van der Waals surface area contributed by atoms with Crippen molar-refractivity contribution in [3.8, 4) is 16.9 Å². The number of amides is 1. The Kier molecular flexibility index (Phi) is 4.07. The smallest absolute Gasteiger partial charge is 0.294 e. The second-order valence-electron chi connectivity index (χ2n) is 5.65. The average Bonchev–Trinajstić information content (AvgIpc) is 3.36. The number of nitrogens with one attached hydrogen (secondary N) is 1. The summed E-state index contributed by atoms with van der Waals surface area (Å²) in [6.45, 7) is 0. The number of benzene rings is 2. The Hall–Kier alpha value is -3.67. The predicted octanol–water partition coefficient (Wildman–Crippen LogP) is 4.52. The third-order valence-electron chi connectivity index (χ3n) is 3.90. The minimum atomic E-state index is -0.566. The van der Waals surface area contributed by atoms with Crippen LogP contribution in [0.1, 0.15) is 10.6 Å². The van der Waals surface area contributed by atoms with Gasteiger partial charge in [-0.3, -0.25) is 4.79 Å². The number of anilines is 1. The Balaban J connectivity index is 1.57. The predicted molar refractivity (Wildman–Crippen MR) is 95.6 cm³/mol. The van der Waals surface area contributed by atoms with Crippen LogP contribution >= 0.6 is 0 Å². The maximum atomic E-state index is 14.1. The molecule has 0 radical (unpaired) electrons. The van der Waals surface area contributed by atoms with Gasteiger partial charge in [-0.05, 0) is 30.3 Å². The normalized spacial score (nSPS) is 10.7. The third kappa shape index (κ3) is 3.12. The summed E-state index contributed by atoms with van der Waals surface area (Å²) < 4.78 is 21.0. The zero-order valence-electron chi connectivity index (χ0n) is 13.6. The molecule has 0 saturated carbocycles. The third-order valence-corrected chi connectivity index (χ3v) is 3.90. The first-order valence-corrected chi connectivity index (χ1v) is 7.97. The lowest BCUT2D eigenvalue weighted by atomic mass is 10.1. The van der Waals surface area contributed by atoms with E-state index in [0.29, 0.717) is 5.69 Å². The van der Waals surface area contributed by atoms with Crippen LogP contribution in [0.4, 0.5) is 10.1 Å². The van der Waals surface area contributed by atoms with Crippen LogP contribution in [0.3, 0.4) is 0 Å². The minimum Gasteiger partial charge on any atom is -0.350 e. The Bertz CT molecular complexity index is 1040. The first-order valence-electron chi connectivity index (χ1n) is 7.97. The molecule has 2 heterocycles. The van der Waals surface area contributed by atoms with Gasteiger partial charge in [0.05, 0.1) is 5.69 Å². The maximum Gasteiger partial charge on any atom is 0.294 e. The maximum absolute atomic E-state index is 14.1. The summed E-state index contributed by atoms with van der Waals surface area (Å²) in [5.74, 6) is -1.09. The Morgan fingerprint density at radius 3 is 2.54 bits per heavy atom. The topological polar surface area (TPSA) is 60.1 Å². The Morgan fingerprint density at radius 1 is 1.00 bits per heavy atom. The summed E-state index contributed by atoms with van der Waals surface area (Å²) in [5, 5.41) is 6.43. The van der Waals surface area contributed by atoms with Crippen LogP contribution in [0, 0.1) is 5.82 Å². The summed E-state index contributed by atoms with van der Waals surface area (Å²) in [5.41, 5.74) is 2.17. The molecule has 0 aliphatic rings. The number of halogens is 1. The summed E-state index contributed by atoms with van der Waals surface area (Å²) in [7, 11) is 0. The highest BCUT2D eigenvalue weighted by molar-refractivity contribution is 6.02. The van der Waals surface area contributed by atoms with E-state index in [1.807, 2.05) is 59.4 Å². The van der Waals surface area contributed by atoms with E-state index in [2.05, 4.69) is 10.5 Å². The van der Waals surface area contributed by atoms with Crippen molar-refractivity contribution in [1.82, 2.24) is 9.72 Å². The van der Waals surface area contributed by atoms with E-state index in [9.17, 15) is 9.18 Å². The van der Waals surface area contributed by atoms with E-state index < -0.39 is 11.7 Å². The van der Waals surface area contributed by atoms with Crippen molar-refractivity contribution >= 4 is 11.6 Å². The van der Waals surface area contributed by atoms with E-state index in [1.165, 1.54) is 12.1 Å². The van der Waals surface area contributed by atoms with Crippen molar-refractivity contribution in [1.29, 1.82) is 0 Å². The molecule has 6 heteroatoms. The molecule has 0 aliphatic carbocycles. The molecule has 0 atom stereocenters. The number of hydrogen-bond acceptors (Lipinski definition) is 3. The van der Waals surface area contributed by atoms with Crippen molar-refractivity contribution in [2.75, 3.05) is 5.32 Å². The van der Waals surface area contributed by atoms with Crippen LogP contribution in [-0.2, 0) is 0 Å². The molecule has 0 bridgehead atoms. The molecule has 2 aromatic heterocycles. The fraction of sp³-hybridized carbons (Fsp3) is 0. The molecule has 1 N–H and O–H groups in total. The molecule has 128 valence electrons. The highest BCUT2D eigenvalue weighted by Crippen LogP contribution is 2.22. The molecule has 4 rings (SSSR count). The van der Waals surface area contributed by atoms with E-state index in [4.69, 9.17) is 4.52 Å². The summed E-state index contributed by atoms with van der Waals surface area (Å²) in [6, 6.07) is 19.1. The molecule has 4 aromatic rings. The number of carbonyl (C=O) groups excluding carboxylic acids is 1. The summed E-state index contributed by atoms with van der Waals surface area (Å²) in [4.78, 5) is 12.4. The molecule has 0 unspecified atom stereocenters. The van der Waals surface area contributed by atoms with Gasteiger partial charge in [0.15, 0.2) is 0 Å². The van der Waals surface area contributed by atoms with Crippen molar-refractivity contribution in [2.45, 2.75) is 0 Å². The summed E-state index contributed by atoms with van der Waals surface area (Å²) >= 11 is 0. The molecule has 2 aromatic carbocycles. The van der Waals surface area contributed by atoms with Gasteiger partial charge in [0.25, 0.3) is 5.91 Å². The molecule has 0 spiro atoms. The number of carbonyl (C=O) groups is 1. The zero-order chi connectivity index (χ0) is 17.9. The number of aromatic nitrogens is 2. The van der Waals surface area contributed by atoms with E-state index in [1.54, 1.807) is 12.1 Å². The van der Waals surface area contributed by atoms with E-state index in [-0.39, 0.29) is 11.4 Å². The monoisotopic (exact) mass is 347 g/mol. The van der Waals surface area contributed by atoms with Crippen LogP contribution in [0.2, 0.25) is 0 Å².